The Balaban J connectivity index is 1.60. The standard InChI is InChI=1S/C21H20FN3O4/c22-14-5-3-4-13(10-14)12-23-18-9-8-15(11-19(18)25(28)29)24-20(26)16-6-1-2-7-17(16)21(24)27/h3-5,8-11,16-17,23H,1-2,6-7,12H2. The number of nitro benzene ring substituents is 1. The molecule has 2 aromatic rings. The highest BCUT2D eigenvalue weighted by molar-refractivity contribution is 6.22. The van der Waals surface area contributed by atoms with Gasteiger partial charge in [0, 0.05) is 12.6 Å². The van der Waals surface area contributed by atoms with Gasteiger partial charge in [0.2, 0.25) is 11.8 Å². The number of hydrogen-bond acceptors (Lipinski definition) is 5. The van der Waals surface area contributed by atoms with Crippen LogP contribution in [0, 0.1) is 27.8 Å². The number of nitrogens with one attached hydrogen (secondary N) is 1. The molecule has 1 aliphatic heterocycles. The van der Waals surface area contributed by atoms with Gasteiger partial charge in [0.25, 0.3) is 5.69 Å². The molecule has 2 aliphatic rings. The number of amides is 2. The van der Waals surface area contributed by atoms with Crippen molar-refractivity contribution in [2.24, 2.45) is 11.8 Å². The third-order valence-electron chi connectivity index (χ3n) is 5.65. The van der Waals surface area contributed by atoms with E-state index in [9.17, 15) is 24.1 Å². The highest BCUT2D eigenvalue weighted by atomic mass is 19.1. The Hall–Kier alpha value is -3.29. The smallest absolute Gasteiger partial charge is 0.294 e. The lowest BCUT2D eigenvalue weighted by molar-refractivity contribution is -0.383. The molecule has 2 unspecified atom stereocenters. The van der Waals surface area contributed by atoms with Crippen LogP contribution in [-0.2, 0) is 16.1 Å². The third kappa shape index (κ3) is 3.57. The van der Waals surface area contributed by atoms with Crippen LogP contribution in [0.5, 0.6) is 0 Å². The summed E-state index contributed by atoms with van der Waals surface area (Å²) in [5.41, 5.74) is 0.851. The second-order valence-electron chi connectivity index (χ2n) is 7.45. The lowest BCUT2D eigenvalue weighted by Crippen LogP contribution is -2.30. The molecule has 0 bridgehead atoms. The number of anilines is 2. The molecule has 2 aromatic carbocycles. The van der Waals surface area contributed by atoms with Gasteiger partial charge in [0.1, 0.15) is 11.5 Å². The van der Waals surface area contributed by atoms with Crippen LogP contribution in [0.15, 0.2) is 42.5 Å². The van der Waals surface area contributed by atoms with Crippen molar-refractivity contribution in [1.29, 1.82) is 0 Å². The summed E-state index contributed by atoms with van der Waals surface area (Å²) in [4.78, 5) is 37.6. The summed E-state index contributed by atoms with van der Waals surface area (Å²) in [6, 6.07) is 10.2. The maximum absolute atomic E-state index is 13.3. The van der Waals surface area contributed by atoms with E-state index >= 15 is 0 Å². The highest BCUT2D eigenvalue weighted by Gasteiger charge is 2.49. The molecule has 8 heteroatoms. The van der Waals surface area contributed by atoms with Crippen molar-refractivity contribution in [3.63, 3.8) is 0 Å². The minimum atomic E-state index is -0.560. The SMILES string of the molecule is O=C1C2CCCCC2C(=O)N1c1ccc(NCc2cccc(F)c2)c([N+](=O)[O-])c1. The second kappa shape index (κ2) is 7.62. The molecule has 0 spiro atoms. The predicted octanol–water partition coefficient (Wildman–Crippen LogP) is 4.03. The van der Waals surface area contributed by atoms with E-state index in [4.69, 9.17) is 0 Å². The van der Waals surface area contributed by atoms with Gasteiger partial charge in [0.15, 0.2) is 0 Å². The largest absolute Gasteiger partial charge is 0.375 e. The van der Waals surface area contributed by atoms with Gasteiger partial charge in [-0.3, -0.25) is 19.7 Å². The van der Waals surface area contributed by atoms with Crippen LogP contribution in [0.3, 0.4) is 0 Å². The molecule has 0 aromatic heterocycles. The van der Waals surface area contributed by atoms with Gasteiger partial charge in [-0.15, -0.1) is 0 Å². The molecule has 2 amide bonds. The van der Waals surface area contributed by atoms with E-state index in [2.05, 4.69) is 5.32 Å². The third-order valence-corrected chi connectivity index (χ3v) is 5.65. The number of benzene rings is 2. The quantitative estimate of drug-likeness (QED) is 0.467. The van der Waals surface area contributed by atoms with Crippen molar-refractivity contribution in [2.75, 3.05) is 10.2 Å². The minimum Gasteiger partial charge on any atom is -0.375 e. The summed E-state index contributed by atoms with van der Waals surface area (Å²) >= 11 is 0. The van der Waals surface area contributed by atoms with Gasteiger partial charge >= 0.3 is 0 Å². The van der Waals surface area contributed by atoms with E-state index in [1.165, 1.54) is 30.3 Å². The summed E-state index contributed by atoms with van der Waals surface area (Å²) in [5.74, 6) is -1.56. The monoisotopic (exact) mass is 397 g/mol. The van der Waals surface area contributed by atoms with Crippen molar-refractivity contribution in [3.05, 3.63) is 64.0 Å². The molecule has 150 valence electrons. The number of fused-ring (bicyclic) bond motifs is 1. The number of halogens is 1. The fraction of sp³-hybridized carbons (Fsp3) is 0.333. The van der Waals surface area contributed by atoms with E-state index in [1.54, 1.807) is 12.1 Å². The van der Waals surface area contributed by atoms with Crippen LogP contribution in [0.4, 0.5) is 21.5 Å². The Labute approximate surface area is 166 Å². The summed E-state index contributed by atoms with van der Waals surface area (Å²) in [6.45, 7) is 0.198. The summed E-state index contributed by atoms with van der Waals surface area (Å²) in [5, 5.41) is 14.5. The summed E-state index contributed by atoms with van der Waals surface area (Å²) in [6.07, 6.45) is 3.19. The number of carbonyl (C=O) groups is 2. The van der Waals surface area contributed by atoms with Gasteiger partial charge in [-0.1, -0.05) is 25.0 Å². The van der Waals surface area contributed by atoms with Crippen LogP contribution in [-0.4, -0.2) is 16.7 Å². The molecule has 1 N–H and O–H groups in total. The first-order valence-electron chi connectivity index (χ1n) is 9.60. The number of imide groups is 1. The van der Waals surface area contributed by atoms with Crippen molar-refractivity contribution in [2.45, 2.75) is 32.2 Å². The van der Waals surface area contributed by atoms with Crippen molar-refractivity contribution in [3.8, 4) is 0 Å². The maximum Gasteiger partial charge on any atom is 0.294 e. The molecule has 1 heterocycles. The Bertz CT molecular complexity index is 970. The van der Waals surface area contributed by atoms with Crippen molar-refractivity contribution in [1.82, 2.24) is 0 Å². The first-order valence-corrected chi connectivity index (χ1v) is 9.60. The molecule has 1 saturated heterocycles. The fourth-order valence-electron chi connectivity index (χ4n) is 4.22. The predicted molar refractivity (Wildman–Crippen MR) is 105 cm³/mol. The van der Waals surface area contributed by atoms with Gasteiger partial charge in [-0.05, 0) is 42.7 Å². The summed E-state index contributed by atoms with van der Waals surface area (Å²) < 4.78 is 13.3. The van der Waals surface area contributed by atoms with Gasteiger partial charge in [-0.25, -0.2) is 9.29 Å². The molecule has 2 atom stereocenters. The Morgan fingerprint density at radius 3 is 2.38 bits per heavy atom. The van der Waals surface area contributed by atoms with Gasteiger partial charge in [0.05, 0.1) is 22.4 Å². The van der Waals surface area contributed by atoms with Gasteiger partial charge in [-0.2, -0.15) is 0 Å². The molecule has 4 rings (SSSR count). The lowest BCUT2D eigenvalue weighted by Gasteiger charge is -2.19. The number of hydrogen-bond donors (Lipinski definition) is 1. The van der Waals surface area contributed by atoms with Crippen LogP contribution in [0.25, 0.3) is 0 Å². The van der Waals surface area contributed by atoms with Crippen LogP contribution < -0.4 is 10.2 Å². The number of nitro groups is 1. The zero-order valence-electron chi connectivity index (χ0n) is 15.6. The average molecular weight is 397 g/mol. The van der Waals surface area contributed by atoms with Crippen molar-refractivity contribution >= 4 is 28.9 Å². The zero-order chi connectivity index (χ0) is 20.5. The van der Waals surface area contributed by atoms with Gasteiger partial charge < -0.3 is 5.32 Å². The summed E-state index contributed by atoms with van der Waals surface area (Å²) in [7, 11) is 0. The Kier molecular flexibility index (Phi) is 5.00. The maximum atomic E-state index is 13.3. The highest BCUT2D eigenvalue weighted by Crippen LogP contribution is 2.41. The molecule has 1 aliphatic carbocycles. The zero-order valence-corrected chi connectivity index (χ0v) is 15.6. The molecule has 2 fully saturated rings. The Morgan fingerprint density at radius 1 is 1.07 bits per heavy atom. The van der Waals surface area contributed by atoms with E-state index in [-0.39, 0.29) is 53.1 Å². The van der Waals surface area contributed by atoms with Crippen molar-refractivity contribution < 1.29 is 18.9 Å². The fourth-order valence-corrected chi connectivity index (χ4v) is 4.22. The van der Waals surface area contributed by atoms with Crippen LogP contribution >= 0.6 is 0 Å². The molecule has 1 saturated carbocycles. The molecule has 29 heavy (non-hydrogen) atoms. The lowest BCUT2D eigenvalue weighted by atomic mass is 9.81. The molecular formula is C21H20FN3O4. The van der Waals surface area contributed by atoms with Crippen LogP contribution in [0.2, 0.25) is 0 Å². The Morgan fingerprint density at radius 2 is 1.76 bits per heavy atom. The first kappa shape index (κ1) is 19.0. The van der Waals surface area contributed by atoms with Crippen LogP contribution in [0.1, 0.15) is 31.2 Å². The topological polar surface area (TPSA) is 92.6 Å². The number of carbonyl (C=O) groups excluding carboxylic acids is 2. The van der Waals surface area contributed by atoms with E-state index in [1.807, 2.05) is 0 Å². The molecule has 0 radical (unpaired) electrons. The van der Waals surface area contributed by atoms with E-state index in [0.29, 0.717) is 18.4 Å². The average Bonchev–Trinajstić information content (AvgIpc) is 2.97. The first-order chi connectivity index (χ1) is 14.0. The molecular weight excluding hydrogens is 377 g/mol. The van der Waals surface area contributed by atoms with E-state index in [0.717, 1.165) is 17.7 Å². The second-order valence-corrected chi connectivity index (χ2v) is 7.45. The normalized spacial score (nSPS) is 21.2. The number of rotatable bonds is 5. The molecule has 7 nitrogen and oxygen atoms in total. The van der Waals surface area contributed by atoms with E-state index < -0.39 is 4.92 Å². The minimum absolute atomic E-state index is 0.198. The number of nitrogens with zero attached hydrogens (tertiary/aromatic N) is 2.